The van der Waals surface area contributed by atoms with Gasteiger partial charge in [-0.1, -0.05) is 41.3 Å². The van der Waals surface area contributed by atoms with Crippen molar-refractivity contribution in [3.8, 4) is 0 Å². The van der Waals surface area contributed by atoms with Crippen molar-refractivity contribution in [2.75, 3.05) is 11.4 Å². The van der Waals surface area contributed by atoms with Crippen LogP contribution >= 0.6 is 23.1 Å². The molecule has 3 rings (SSSR count). The molecule has 98 valence electrons. The minimum atomic E-state index is -0.140. The Labute approximate surface area is 119 Å². The second kappa shape index (κ2) is 5.30. The van der Waals surface area contributed by atoms with Gasteiger partial charge in [-0.3, -0.25) is 4.79 Å². The van der Waals surface area contributed by atoms with E-state index in [-0.39, 0.29) is 11.2 Å². The minimum Gasteiger partial charge on any atom is -0.311 e. The number of para-hydroxylation sites is 1. The van der Waals surface area contributed by atoms with Crippen LogP contribution in [-0.2, 0) is 11.2 Å². The van der Waals surface area contributed by atoms with Crippen LogP contribution in [0.15, 0.2) is 34.1 Å². The number of nitrogens with zero attached hydrogens (tertiary/aromatic N) is 3. The van der Waals surface area contributed by atoms with Gasteiger partial charge < -0.3 is 4.90 Å². The highest BCUT2D eigenvalue weighted by Gasteiger charge is 2.28. The number of hydrogen-bond acceptors (Lipinski definition) is 5. The molecule has 4 nitrogen and oxygen atoms in total. The molecule has 2 aromatic rings. The van der Waals surface area contributed by atoms with E-state index in [1.807, 2.05) is 30.0 Å². The second-order valence-corrected chi connectivity index (χ2v) is 6.75. The van der Waals surface area contributed by atoms with Gasteiger partial charge in [-0.2, -0.15) is 0 Å². The second-order valence-electron chi connectivity index (χ2n) is 4.33. The summed E-state index contributed by atoms with van der Waals surface area (Å²) in [5.41, 5.74) is 3.99. The van der Waals surface area contributed by atoms with Crippen molar-refractivity contribution in [1.82, 2.24) is 10.2 Å². The third kappa shape index (κ3) is 2.50. The van der Waals surface area contributed by atoms with Crippen LogP contribution < -0.4 is 4.90 Å². The molecule has 0 fully saturated rings. The molecule has 0 saturated heterocycles. The van der Waals surface area contributed by atoms with Crippen LogP contribution in [0.2, 0.25) is 0 Å². The van der Waals surface area contributed by atoms with Gasteiger partial charge in [-0.05, 0) is 25.0 Å². The van der Waals surface area contributed by atoms with Crippen molar-refractivity contribution in [3.63, 3.8) is 0 Å². The Kier molecular flexibility index (Phi) is 3.52. The number of fused-ring (bicyclic) bond motifs is 1. The molecular weight excluding hydrogens is 278 g/mol. The van der Waals surface area contributed by atoms with E-state index >= 15 is 0 Å². The largest absolute Gasteiger partial charge is 0.311 e. The van der Waals surface area contributed by atoms with E-state index in [1.165, 1.54) is 28.7 Å². The highest BCUT2D eigenvalue weighted by Crippen LogP contribution is 2.31. The quantitative estimate of drug-likeness (QED) is 0.816. The maximum Gasteiger partial charge on any atom is 0.240 e. The molecule has 19 heavy (non-hydrogen) atoms. The van der Waals surface area contributed by atoms with Gasteiger partial charge in [0.15, 0.2) is 4.34 Å². The smallest absolute Gasteiger partial charge is 0.240 e. The first kappa shape index (κ1) is 12.6. The van der Waals surface area contributed by atoms with Crippen molar-refractivity contribution in [2.45, 2.75) is 22.9 Å². The average Bonchev–Trinajstić information content (AvgIpc) is 3.06. The minimum absolute atomic E-state index is 0.140. The van der Waals surface area contributed by atoms with E-state index in [0.29, 0.717) is 0 Å². The van der Waals surface area contributed by atoms with Crippen LogP contribution in [0.4, 0.5) is 5.69 Å². The van der Waals surface area contributed by atoms with Gasteiger partial charge in [0.2, 0.25) is 5.91 Å². The first-order valence-corrected chi connectivity index (χ1v) is 7.84. The van der Waals surface area contributed by atoms with Crippen LogP contribution in [0.3, 0.4) is 0 Å². The Balaban J connectivity index is 1.74. The van der Waals surface area contributed by atoms with Crippen molar-refractivity contribution in [1.29, 1.82) is 0 Å². The van der Waals surface area contributed by atoms with E-state index in [2.05, 4.69) is 16.3 Å². The third-order valence-electron chi connectivity index (χ3n) is 3.12. The Morgan fingerprint density at radius 2 is 2.32 bits per heavy atom. The summed E-state index contributed by atoms with van der Waals surface area (Å²) in [5, 5.41) is 7.62. The number of carbonyl (C=O) groups excluding carboxylic acids is 1. The van der Waals surface area contributed by atoms with Gasteiger partial charge in [-0.25, -0.2) is 0 Å². The first-order chi connectivity index (χ1) is 9.25. The van der Waals surface area contributed by atoms with Gasteiger partial charge >= 0.3 is 0 Å². The summed E-state index contributed by atoms with van der Waals surface area (Å²) in [6.45, 7) is 2.70. The molecule has 1 aromatic heterocycles. The summed E-state index contributed by atoms with van der Waals surface area (Å²) in [6.07, 6.45) is 0.943. The van der Waals surface area contributed by atoms with Gasteiger partial charge in [0.25, 0.3) is 0 Å². The van der Waals surface area contributed by atoms with Crippen LogP contribution in [0, 0.1) is 0 Å². The normalized spacial score (nSPS) is 15.3. The van der Waals surface area contributed by atoms with Gasteiger partial charge in [-0.15, -0.1) is 10.2 Å². The summed E-state index contributed by atoms with van der Waals surface area (Å²) < 4.78 is 0.841. The first-order valence-electron chi connectivity index (χ1n) is 6.08. The molecule has 2 heterocycles. The van der Waals surface area contributed by atoms with Gasteiger partial charge in [0, 0.05) is 12.2 Å². The van der Waals surface area contributed by atoms with Crippen LogP contribution in [-0.4, -0.2) is 27.9 Å². The van der Waals surface area contributed by atoms with Gasteiger partial charge in [0.1, 0.15) is 5.51 Å². The number of rotatable bonds is 3. The topological polar surface area (TPSA) is 46.1 Å². The Bertz CT molecular complexity index is 585. The summed E-state index contributed by atoms with van der Waals surface area (Å²) in [6, 6.07) is 8.10. The van der Waals surface area contributed by atoms with E-state index < -0.39 is 0 Å². The van der Waals surface area contributed by atoms with E-state index in [4.69, 9.17) is 0 Å². The molecule has 0 bridgehead atoms. The zero-order chi connectivity index (χ0) is 13.2. The average molecular weight is 291 g/mol. The molecule has 0 spiro atoms. The Morgan fingerprint density at radius 3 is 3.11 bits per heavy atom. The Hall–Kier alpha value is -1.40. The van der Waals surface area contributed by atoms with Crippen molar-refractivity contribution >= 4 is 34.7 Å². The standard InChI is InChI=1S/C13H13N3OS2/c1-9(19-13-15-14-8-18-13)12(17)16-7-6-10-4-2-3-5-11(10)16/h2-5,8-9H,6-7H2,1H3/t9-/m0/s1. The number of thioether (sulfide) groups is 1. The predicted molar refractivity (Wildman–Crippen MR) is 77.7 cm³/mol. The van der Waals surface area contributed by atoms with Gasteiger partial charge in [0.05, 0.1) is 5.25 Å². The maximum absolute atomic E-state index is 12.5. The zero-order valence-electron chi connectivity index (χ0n) is 10.4. The van der Waals surface area contributed by atoms with Crippen molar-refractivity contribution in [3.05, 3.63) is 35.3 Å². The monoisotopic (exact) mass is 291 g/mol. The lowest BCUT2D eigenvalue weighted by Crippen LogP contribution is -2.35. The van der Waals surface area contributed by atoms with E-state index in [9.17, 15) is 4.79 Å². The summed E-state index contributed by atoms with van der Waals surface area (Å²) in [4.78, 5) is 14.4. The molecule has 0 saturated carbocycles. The van der Waals surface area contributed by atoms with Crippen LogP contribution in [0.5, 0.6) is 0 Å². The molecule has 0 N–H and O–H groups in total. The van der Waals surface area contributed by atoms with E-state index in [1.54, 1.807) is 5.51 Å². The summed E-state index contributed by atoms with van der Waals surface area (Å²) in [5.74, 6) is 0.144. The third-order valence-corrected chi connectivity index (χ3v) is 5.02. The number of hydrogen-bond donors (Lipinski definition) is 0. The molecule has 1 amide bonds. The predicted octanol–water partition coefficient (Wildman–Crippen LogP) is 2.61. The van der Waals surface area contributed by atoms with Crippen LogP contribution in [0.1, 0.15) is 12.5 Å². The fourth-order valence-electron chi connectivity index (χ4n) is 2.20. The highest BCUT2D eigenvalue weighted by molar-refractivity contribution is 8.02. The van der Waals surface area contributed by atoms with Crippen molar-refractivity contribution in [2.24, 2.45) is 0 Å². The fraction of sp³-hybridized carbons (Fsp3) is 0.308. The summed E-state index contributed by atoms with van der Waals surface area (Å²) in [7, 11) is 0. The van der Waals surface area contributed by atoms with E-state index in [0.717, 1.165) is 23.0 Å². The molecule has 0 unspecified atom stereocenters. The zero-order valence-corrected chi connectivity index (χ0v) is 12.1. The Morgan fingerprint density at radius 1 is 1.47 bits per heavy atom. The lowest BCUT2D eigenvalue weighted by Gasteiger charge is -2.20. The lowest BCUT2D eigenvalue weighted by atomic mass is 10.2. The molecular formula is C13H13N3OS2. The fourth-order valence-corrected chi connectivity index (χ4v) is 3.89. The molecule has 1 aliphatic heterocycles. The molecule has 1 atom stereocenters. The highest BCUT2D eigenvalue weighted by atomic mass is 32.2. The molecule has 0 aliphatic carbocycles. The maximum atomic E-state index is 12.5. The summed E-state index contributed by atoms with van der Waals surface area (Å²) >= 11 is 2.94. The number of anilines is 1. The number of amides is 1. The molecule has 0 radical (unpaired) electrons. The lowest BCUT2D eigenvalue weighted by molar-refractivity contribution is -0.117. The van der Waals surface area contributed by atoms with Crippen LogP contribution in [0.25, 0.3) is 0 Å². The number of aromatic nitrogens is 2. The number of benzene rings is 1. The SMILES string of the molecule is C[C@H](Sc1nncs1)C(=O)N1CCc2ccccc21. The van der Waals surface area contributed by atoms with Crippen molar-refractivity contribution < 1.29 is 4.79 Å². The number of carbonyl (C=O) groups is 1. The molecule has 1 aliphatic rings. The molecule has 6 heteroatoms. The molecule has 1 aromatic carbocycles.